The van der Waals surface area contributed by atoms with Gasteiger partial charge >= 0.3 is 12.1 Å². The Bertz CT molecular complexity index is 1260. The first-order valence-corrected chi connectivity index (χ1v) is 9.52. The van der Waals surface area contributed by atoms with Crippen LogP contribution in [0.15, 0.2) is 47.4 Å². The third-order valence-electron chi connectivity index (χ3n) is 4.40. The van der Waals surface area contributed by atoms with Crippen LogP contribution in [0.25, 0.3) is 5.69 Å². The Labute approximate surface area is 189 Å². The predicted octanol–water partition coefficient (Wildman–Crippen LogP) is 4.70. The standard InChI is InChI=1S/C21H15ClF4N2O5/c1-11-12(21(24,25)26)9-27-28(20(11)30)15-8-18(13(22)7-14(15)23)33-17-6-4-3-5-16(17)32-10-19(29)31-2/h3-9H,10H2,1-2H3. The van der Waals surface area contributed by atoms with Crippen LogP contribution in [0, 0.1) is 12.7 Å². The number of hydrogen-bond acceptors (Lipinski definition) is 6. The number of aromatic nitrogens is 2. The second-order valence-electron chi connectivity index (χ2n) is 6.55. The van der Waals surface area contributed by atoms with E-state index in [4.69, 9.17) is 21.1 Å². The number of nitrogens with zero attached hydrogens (tertiary/aromatic N) is 2. The Kier molecular flexibility index (Phi) is 6.92. The number of carbonyl (C=O) groups excluding carboxylic acids is 1. The van der Waals surface area contributed by atoms with Gasteiger partial charge in [0.15, 0.2) is 23.9 Å². The summed E-state index contributed by atoms with van der Waals surface area (Å²) < 4.78 is 69.7. The summed E-state index contributed by atoms with van der Waals surface area (Å²) in [4.78, 5) is 23.8. The SMILES string of the molecule is COC(=O)COc1ccccc1Oc1cc(-n2ncc(C(F)(F)F)c(C)c2=O)c(F)cc1Cl. The summed E-state index contributed by atoms with van der Waals surface area (Å²) in [6.45, 7) is 0.548. The highest BCUT2D eigenvalue weighted by atomic mass is 35.5. The summed E-state index contributed by atoms with van der Waals surface area (Å²) in [5.41, 5.74) is -3.54. The van der Waals surface area contributed by atoms with Crippen LogP contribution in [0.5, 0.6) is 17.2 Å². The van der Waals surface area contributed by atoms with Crippen molar-refractivity contribution in [3.05, 3.63) is 74.9 Å². The number of para-hydroxylation sites is 2. The number of alkyl halides is 3. The fourth-order valence-electron chi connectivity index (χ4n) is 2.72. The molecule has 1 heterocycles. The first kappa shape index (κ1) is 24.1. The average molecular weight is 487 g/mol. The summed E-state index contributed by atoms with van der Waals surface area (Å²) in [7, 11) is 1.19. The molecule has 0 spiro atoms. The zero-order valence-corrected chi connectivity index (χ0v) is 17.8. The van der Waals surface area contributed by atoms with Gasteiger partial charge in [0.25, 0.3) is 5.56 Å². The van der Waals surface area contributed by atoms with E-state index in [-0.39, 0.29) is 22.3 Å². The van der Waals surface area contributed by atoms with Crippen molar-refractivity contribution in [3.63, 3.8) is 0 Å². The molecule has 0 unspecified atom stereocenters. The highest BCUT2D eigenvalue weighted by Crippen LogP contribution is 2.37. The van der Waals surface area contributed by atoms with Crippen molar-refractivity contribution >= 4 is 17.6 Å². The minimum atomic E-state index is -4.80. The average Bonchev–Trinajstić information content (AvgIpc) is 2.76. The van der Waals surface area contributed by atoms with E-state index in [2.05, 4.69) is 9.84 Å². The third kappa shape index (κ3) is 5.25. The normalized spacial score (nSPS) is 11.2. The van der Waals surface area contributed by atoms with Crippen LogP contribution in [0.3, 0.4) is 0 Å². The highest BCUT2D eigenvalue weighted by molar-refractivity contribution is 6.32. The van der Waals surface area contributed by atoms with Crippen molar-refractivity contribution in [1.82, 2.24) is 9.78 Å². The lowest BCUT2D eigenvalue weighted by atomic mass is 10.2. The van der Waals surface area contributed by atoms with Crippen LogP contribution in [-0.4, -0.2) is 29.5 Å². The van der Waals surface area contributed by atoms with Crippen molar-refractivity contribution in [3.8, 4) is 22.9 Å². The van der Waals surface area contributed by atoms with Crippen LogP contribution in [-0.2, 0) is 15.7 Å². The summed E-state index contributed by atoms with van der Waals surface area (Å²) in [6, 6.07) is 7.98. The molecule has 0 aliphatic rings. The van der Waals surface area contributed by atoms with Gasteiger partial charge in [-0.15, -0.1) is 0 Å². The van der Waals surface area contributed by atoms with Gasteiger partial charge in [0.05, 0.1) is 23.9 Å². The Morgan fingerprint density at radius 2 is 1.82 bits per heavy atom. The molecule has 0 aliphatic heterocycles. The number of methoxy groups -OCH3 is 1. The first-order chi connectivity index (χ1) is 15.5. The number of carbonyl (C=O) groups is 1. The fraction of sp³-hybridized carbons (Fsp3) is 0.190. The molecule has 174 valence electrons. The number of rotatable bonds is 6. The van der Waals surface area contributed by atoms with Gasteiger partial charge in [-0.05, 0) is 25.1 Å². The second-order valence-corrected chi connectivity index (χ2v) is 6.95. The van der Waals surface area contributed by atoms with E-state index in [0.29, 0.717) is 10.9 Å². The molecule has 0 bridgehead atoms. The molecule has 0 N–H and O–H groups in total. The lowest BCUT2D eigenvalue weighted by molar-refractivity contribution is -0.143. The minimum absolute atomic E-state index is 0.0877. The monoisotopic (exact) mass is 486 g/mol. The number of hydrogen-bond donors (Lipinski definition) is 0. The summed E-state index contributed by atoms with van der Waals surface area (Å²) in [5.74, 6) is -1.59. The number of halogens is 5. The lowest BCUT2D eigenvalue weighted by Gasteiger charge is -2.15. The number of benzene rings is 2. The molecule has 0 radical (unpaired) electrons. The van der Waals surface area contributed by atoms with Gasteiger partial charge < -0.3 is 14.2 Å². The van der Waals surface area contributed by atoms with E-state index >= 15 is 0 Å². The van der Waals surface area contributed by atoms with E-state index in [1.54, 1.807) is 12.1 Å². The minimum Gasteiger partial charge on any atom is -0.478 e. The topological polar surface area (TPSA) is 79.7 Å². The zero-order valence-electron chi connectivity index (χ0n) is 17.1. The summed E-state index contributed by atoms with van der Waals surface area (Å²) in [5, 5.41) is 3.26. The van der Waals surface area contributed by atoms with E-state index in [9.17, 15) is 27.2 Å². The third-order valence-corrected chi connectivity index (χ3v) is 4.69. The Balaban J connectivity index is 2.02. The molecule has 0 atom stereocenters. The maximum absolute atomic E-state index is 14.6. The smallest absolute Gasteiger partial charge is 0.418 e. The van der Waals surface area contributed by atoms with Crippen LogP contribution >= 0.6 is 11.6 Å². The molecule has 2 aromatic carbocycles. The highest BCUT2D eigenvalue weighted by Gasteiger charge is 2.34. The van der Waals surface area contributed by atoms with Crippen molar-refractivity contribution in [2.75, 3.05) is 13.7 Å². The van der Waals surface area contributed by atoms with Crippen molar-refractivity contribution < 1.29 is 36.6 Å². The van der Waals surface area contributed by atoms with Gasteiger partial charge in [-0.25, -0.2) is 9.18 Å². The van der Waals surface area contributed by atoms with Gasteiger partial charge in [0.2, 0.25) is 0 Å². The van der Waals surface area contributed by atoms with E-state index in [0.717, 1.165) is 19.1 Å². The van der Waals surface area contributed by atoms with E-state index < -0.39 is 46.9 Å². The van der Waals surface area contributed by atoms with Crippen LogP contribution in [0.1, 0.15) is 11.1 Å². The lowest BCUT2D eigenvalue weighted by Crippen LogP contribution is -2.27. The van der Waals surface area contributed by atoms with E-state index in [1.807, 2.05) is 0 Å². The van der Waals surface area contributed by atoms with Crippen molar-refractivity contribution in [2.24, 2.45) is 0 Å². The largest absolute Gasteiger partial charge is 0.478 e. The molecule has 0 saturated heterocycles. The first-order valence-electron chi connectivity index (χ1n) is 9.15. The van der Waals surface area contributed by atoms with Crippen LogP contribution < -0.4 is 15.0 Å². The second kappa shape index (κ2) is 9.49. The summed E-state index contributed by atoms with van der Waals surface area (Å²) in [6.07, 6.45) is -4.36. The molecule has 1 aromatic heterocycles. The van der Waals surface area contributed by atoms with Crippen LogP contribution in [0.4, 0.5) is 17.6 Å². The molecule has 0 amide bonds. The Morgan fingerprint density at radius 1 is 1.15 bits per heavy atom. The van der Waals surface area contributed by atoms with Crippen LogP contribution in [0.2, 0.25) is 5.02 Å². The maximum atomic E-state index is 14.6. The van der Waals surface area contributed by atoms with Gasteiger partial charge in [-0.2, -0.15) is 23.0 Å². The Morgan fingerprint density at radius 3 is 2.45 bits per heavy atom. The molecule has 0 aliphatic carbocycles. The van der Waals surface area contributed by atoms with Gasteiger partial charge in [0.1, 0.15) is 11.4 Å². The molecule has 7 nitrogen and oxygen atoms in total. The molecule has 3 rings (SSSR count). The molecule has 0 saturated carbocycles. The number of ether oxygens (including phenoxy) is 3. The number of esters is 1. The van der Waals surface area contributed by atoms with E-state index in [1.165, 1.54) is 19.2 Å². The predicted molar refractivity (Wildman–Crippen MR) is 109 cm³/mol. The van der Waals surface area contributed by atoms with Crippen molar-refractivity contribution in [1.29, 1.82) is 0 Å². The molecule has 0 fully saturated rings. The molecular formula is C21H15ClF4N2O5. The van der Waals surface area contributed by atoms with Gasteiger partial charge in [-0.3, -0.25) is 4.79 Å². The quantitative estimate of drug-likeness (QED) is 0.371. The molecule has 12 heteroatoms. The zero-order chi connectivity index (χ0) is 24.3. The summed E-state index contributed by atoms with van der Waals surface area (Å²) >= 11 is 6.06. The Hall–Kier alpha value is -3.60. The van der Waals surface area contributed by atoms with Crippen molar-refractivity contribution in [2.45, 2.75) is 13.1 Å². The van der Waals surface area contributed by atoms with Gasteiger partial charge in [-0.1, -0.05) is 23.7 Å². The molecule has 33 heavy (non-hydrogen) atoms. The maximum Gasteiger partial charge on any atom is 0.418 e. The fourth-order valence-corrected chi connectivity index (χ4v) is 2.91. The molecule has 3 aromatic rings. The van der Waals surface area contributed by atoms with Gasteiger partial charge in [0, 0.05) is 11.6 Å². The molecular weight excluding hydrogens is 472 g/mol.